The highest BCUT2D eigenvalue weighted by Crippen LogP contribution is 2.20. The van der Waals surface area contributed by atoms with Crippen LogP contribution in [0.3, 0.4) is 0 Å². The second-order valence-electron chi connectivity index (χ2n) is 5.04. The first-order chi connectivity index (χ1) is 9.77. The number of nitrogens with zero attached hydrogens (tertiary/aromatic N) is 1. The summed E-state index contributed by atoms with van der Waals surface area (Å²) < 4.78 is 23.5. The van der Waals surface area contributed by atoms with Crippen LogP contribution in [0.1, 0.15) is 26.2 Å². The molecule has 0 aromatic heterocycles. The molecule has 0 spiro atoms. The molecule has 2 unspecified atom stereocenters. The smallest absolute Gasteiger partial charge is 0.326 e. The monoisotopic (exact) mass is 338 g/mol. The van der Waals surface area contributed by atoms with Gasteiger partial charge in [-0.2, -0.15) is 11.8 Å². The third-order valence-electron chi connectivity index (χ3n) is 3.28. The zero-order valence-corrected chi connectivity index (χ0v) is 13.9. The van der Waals surface area contributed by atoms with E-state index in [4.69, 9.17) is 5.11 Å². The van der Waals surface area contributed by atoms with Crippen molar-refractivity contribution in [3.8, 4) is 0 Å². The fourth-order valence-corrected chi connectivity index (χ4v) is 4.88. The minimum Gasteiger partial charge on any atom is -0.480 e. The first kappa shape index (κ1) is 18.1. The number of nitrogens with one attached hydrogen (secondary N) is 1. The average Bonchev–Trinajstić information content (AvgIpc) is 2.42. The van der Waals surface area contributed by atoms with Gasteiger partial charge in [0.25, 0.3) is 0 Å². The van der Waals surface area contributed by atoms with Crippen molar-refractivity contribution >= 4 is 33.6 Å². The van der Waals surface area contributed by atoms with Crippen LogP contribution in [0.4, 0.5) is 4.79 Å². The van der Waals surface area contributed by atoms with Gasteiger partial charge in [-0.25, -0.2) is 18.0 Å². The number of urea groups is 1. The minimum atomic E-state index is -3.40. The standard InChI is InChI=1S/C12H22N2O5S2/c1-3-4-5-9(11(15)16)13-12(17)14-6-7-20-8-10(14)21(2,18)19/h9-10H,3-8H2,1-2H3,(H,13,17)(H,15,16). The van der Waals surface area contributed by atoms with Crippen molar-refractivity contribution < 1.29 is 23.1 Å². The van der Waals surface area contributed by atoms with Crippen LogP contribution < -0.4 is 5.32 Å². The largest absolute Gasteiger partial charge is 0.480 e. The van der Waals surface area contributed by atoms with Gasteiger partial charge in [-0.05, 0) is 6.42 Å². The maximum absolute atomic E-state index is 12.2. The van der Waals surface area contributed by atoms with Crippen LogP contribution in [-0.4, -0.2) is 66.1 Å². The van der Waals surface area contributed by atoms with Crippen molar-refractivity contribution in [3.05, 3.63) is 0 Å². The van der Waals surface area contributed by atoms with Crippen LogP contribution in [0.25, 0.3) is 0 Å². The van der Waals surface area contributed by atoms with Crippen molar-refractivity contribution in [1.82, 2.24) is 10.2 Å². The average molecular weight is 338 g/mol. The normalized spacial score (nSPS) is 20.9. The number of amides is 2. The Bertz CT molecular complexity index is 480. The predicted molar refractivity (Wildman–Crippen MR) is 82.1 cm³/mol. The quantitative estimate of drug-likeness (QED) is 0.741. The molecule has 9 heteroatoms. The van der Waals surface area contributed by atoms with Gasteiger partial charge in [-0.1, -0.05) is 19.8 Å². The molecule has 1 rings (SSSR count). The van der Waals surface area contributed by atoms with Gasteiger partial charge < -0.3 is 15.3 Å². The number of hydrogen-bond acceptors (Lipinski definition) is 5. The third-order valence-corrected chi connectivity index (χ3v) is 5.93. The van der Waals surface area contributed by atoms with Gasteiger partial charge in [0.2, 0.25) is 0 Å². The lowest BCUT2D eigenvalue weighted by Gasteiger charge is -2.34. The van der Waals surface area contributed by atoms with Crippen LogP contribution in [0.2, 0.25) is 0 Å². The second-order valence-corrected chi connectivity index (χ2v) is 8.39. The van der Waals surface area contributed by atoms with Crippen molar-refractivity contribution in [2.24, 2.45) is 0 Å². The highest BCUT2D eigenvalue weighted by Gasteiger charge is 2.35. The summed E-state index contributed by atoms with van der Waals surface area (Å²) in [5.41, 5.74) is 0. The first-order valence-corrected chi connectivity index (χ1v) is 9.94. The number of carboxylic acids is 1. The van der Waals surface area contributed by atoms with E-state index >= 15 is 0 Å². The number of carboxylic acid groups (broad SMARTS) is 1. The molecular weight excluding hydrogens is 316 g/mol. The number of sulfone groups is 1. The molecule has 1 saturated heterocycles. The summed E-state index contributed by atoms with van der Waals surface area (Å²) in [4.78, 5) is 24.6. The SMILES string of the molecule is CCCCC(NC(=O)N1CCSCC1S(C)(=O)=O)C(=O)O. The molecule has 0 aliphatic carbocycles. The molecule has 0 aromatic carbocycles. The van der Waals surface area contributed by atoms with E-state index in [1.807, 2.05) is 6.92 Å². The Hall–Kier alpha value is -0.960. The molecule has 7 nitrogen and oxygen atoms in total. The molecule has 1 aliphatic heterocycles. The van der Waals surface area contributed by atoms with Crippen LogP contribution in [-0.2, 0) is 14.6 Å². The van der Waals surface area contributed by atoms with Crippen LogP contribution in [0.5, 0.6) is 0 Å². The van der Waals surface area contributed by atoms with Gasteiger partial charge in [-0.3, -0.25) is 0 Å². The third kappa shape index (κ3) is 5.39. The Labute approximate surface area is 129 Å². The lowest BCUT2D eigenvalue weighted by Crippen LogP contribution is -2.56. The molecule has 0 bridgehead atoms. The Balaban J connectivity index is 2.77. The van der Waals surface area contributed by atoms with Crippen LogP contribution in [0.15, 0.2) is 0 Å². The van der Waals surface area contributed by atoms with Gasteiger partial charge in [-0.15, -0.1) is 0 Å². The molecular formula is C12H22N2O5S2. The fourth-order valence-electron chi connectivity index (χ4n) is 2.07. The zero-order chi connectivity index (χ0) is 16.0. The van der Waals surface area contributed by atoms with E-state index in [9.17, 15) is 18.0 Å². The fraction of sp³-hybridized carbons (Fsp3) is 0.833. The molecule has 1 aliphatic rings. The maximum Gasteiger partial charge on any atom is 0.326 e. The number of unbranched alkanes of at least 4 members (excludes halogenated alkanes) is 1. The van der Waals surface area contributed by atoms with Crippen LogP contribution in [0, 0.1) is 0 Å². The highest BCUT2D eigenvalue weighted by molar-refractivity contribution is 8.00. The van der Waals surface area contributed by atoms with E-state index in [-0.39, 0.29) is 0 Å². The van der Waals surface area contributed by atoms with Crippen molar-refractivity contribution in [1.29, 1.82) is 0 Å². The number of hydrogen-bond donors (Lipinski definition) is 2. The van der Waals surface area contributed by atoms with Gasteiger partial charge in [0.05, 0.1) is 0 Å². The summed E-state index contributed by atoms with van der Waals surface area (Å²) in [6.07, 6.45) is 2.94. The number of carbonyl (C=O) groups is 2. The van der Waals surface area contributed by atoms with Gasteiger partial charge in [0.15, 0.2) is 9.84 Å². The Morgan fingerprint density at radius 1 is 1.48 bits per heavy atom. The number of aliphatic carboxylic acids is 1. The number of carbonyl (C=O) groups excluding carboxylic acids is 1. The van der Waals surface area contributed by atoms with E-state index in [0.717, 1.165) is 12.7 Å². The van der Waals surface area contributed by atoms with E-state index in [1.54, 1.807) is 0 Å². The van der Waals surface area contributed by atoms with Gasteiger partial charge in [0, 0.05) is 24.3 Å². The Kier molecular flexibility index (Phi) is 6.79. The lowest BCUT2D eigenvalue weighted by molar-refractivity contribution is -0.139. The minimum absolute atomic E-state index is 0.300. The summed E-state index contributed by atoms with van der Waals surface area (Å²) in [7, 11) is -3.40. The number of thioether (sulfide) groups is 1. The second kappa shape index (κ2) is 7.88. The molecule has 2 amide bonds. The van der Waals surface area contributed by atoms with E-state index < -0.39 is 33.3 Å². The van der Waals surface area contributed by atoms with Crippen molar-refractivity contribution in [2.45, 2.75) is 37.6 Å². The molecule has 0 aromatic rings. The molecule has 2 atom stereocenters. The van der Waals surface area contributed by atoms with Crippen LogP contribution >= 0.6 is 11.8 Å². The molecule has 21 heavy (non-hydrogen) atoms. The molecule has 1 fully saturated rings. The molecule has 2 N–H and O–H groups in total. The molecule has 0 saturated carbocycles. The molecule has 1 heterocycles. The highest BCUT2D eigenvalue weighted by atomic mass is 32.2. The maximum atomic E-state index is 12.2. The molecule has 122 valence electrons. The van der Waals surface area contributed by atoms with Gasteiger partial charge >= 0.3 is 12.0 Å². The first-order valence-electron chi connectivity index (χ1n) is 6.84. The summed E-state index contributed by atoms with van der Waals surface area (Å²) in [5, 5.41) is 10.7. The number of rotatable bonds is 6. The van der Waals surface area contributed by atoms with Crippen molar-refractivity contribution in [3.63, 3.8) is 0 Å². The lowest BCUT2D eigenvalue weighted by atomic mass is 10.1. The Morgan fingerprint density at radius 3 is 2.67 bits per heavy atom. The molecule has 0 radical (unpaired) electrons. The van der Waals surface area contributed by atoms with E-state index in [1.165, 1.54) is 16.7 Å². The topological polar surface area (TPSA) is 104 Å². The summed E-state index contributed by atoms with van der Waals surface area (Å²) >= 11 is 1.47. The van der Waals surface area contributed by atoms with Crippen molar-refractivity contribution in [2.75, 3.05) is 24.3 Å². The summed E-state index contributed by atoms with van der Waals surface area (Å²) in [5.74, 6) is -0.135. The Morgan fingerprint density at radius 2 is 2.14 bits per heavy atom. The van der Waals surface area contributed by atoms with Gasteiger partial charge in [0.1, 0.15) is 11.4 Å². The predicted octanol–water partition coefficient (Wildman–Crippen LogP) is 0.759. The van der Waals surface area contributed by atoms with E-state index in [2.05, 4.69) is 5.32 Å². The summed E-state index contributed by atoms with van der Waals surface area (Å²) in [6.45, 7) is 2.23. The zero-order valence-electron chi connectivity index (χ0n) is 12.2. The van der Waals surface area contributed by atoms with E-state index in [0.29, 0.717) is 30.9 Å². The summed E-state index contributed by atoms with van der Waals surface area (Å²) in [6, 6.07) is -1.60.